The molecule has 122 valence electrons. The number of rotatable bonds is 3. The summed E-state index contributed by atoms with van der Waals surface area (Å²) in [6.07, 6.45) is 1.70. The molecule has 0 spiro atoms. The summed E-state index contributed by atoms with van der Waals surface area (Å²) in [6.45, 7) is 0. The Labute approximate surface area is 144 Å². The SMILES string of the molecule is COc1c(-c2ncc3ccccc3c2C(=O)O)ccc2ccccc12. The van der Waals surface area contributed by atoms with Crippen LogP contribution in [0.4, 0.5) is 0 Å². The molecule has 4 nitrogen and oxygen atoms in total. The maximum absolute atomic E-state index is 12.0. The molecule has 0 saturated carbocycles. The van der Waals surface area contributed by atoms with E-state index in [1.165, 1.54) is 0 Å². The summed E-state index contributed by atoms with van der Waals surface area (Å²) in [6, 6.07) is 19.0. The fraction of sp³-hybridized carbons (Fsp3) is 0.0476. The van der Waals surface area contributed by atoms with Gasteiger partial charge in [0, 0.05) is 22.5 Å². The van der Waals surface area contributed by atoms with Crippen LogP contribution in [0.5, 0.6) is 5.75 Å². The second kappa shape index (κ2) is 5.91. The van der Waals surface area contributed by atoms with Gasteiger partial charge in [-0.05, 0) is 16.8 Å². The van der Waals surface area contributed by atoms with E-state index in [-0.39, 0.29) is 5.56 Å². The lowest BCUT2D eigenvalue weighted by Crippen LogP contribution is -2.04. The van der Waals surface area contributed by atoms with E-state index in [4.69, 9.17) is 4.74 Å². The van der Waals surface area contributed by atoms with E-state index in [0.717, 1.165) is 16.2 Å². The van der Waals surface area contributed by atoms with E-state index >= 15 is 0 Å². The zero-order chi connectivity index (χ0) is 17.4. The molecule has 0 fully saturated rings. The van der Waals surface area contributed by atoms with E-state index < -0.39 is 5.97 Å². The number of carboxylic acid groups (broad SMARTS) is 1. The topological polar surface area (TPSA) is 59.4 Å². The van der Waals surface area contributed by atoms with Gasteiger partial charge in [0.2, 0.25) is 0 Å². The van der Waals surface area contributed by atoms with Gasteiger partial charge in [-0.25, -0.2) is 4.79 Å². The predicted octanol–water partition coefficient (Wildman–Crippen LogP) is 4.76. The van der Waals surface area contributed by atoms with Crippen LogP contribution in [-0.2, 0) is 0 Å². The first-order valence-corrected chi connectivity index (χ1v) is 7.88. The van der Waals surface area contributed by atoms with Crippen LogP contribution in [0.2, 0.25) is 0 Å². The number of hydrogen-bond acceptors (Lipinski definition) is 3. The maximum Gasteiger partial charge on any atom is 0.338 e. The molecule has 0 amide bonds. The number of nitrogens with zero attached hydrogens (tertiary/aromatic N) is 1. The minimum Gasteiger partial charge on any atom is -0.495 e. The van der Waals surface area contributed by atoms with Crippen LogP contribution in [0.3, 0.4) is 0 Å². The van der Waals surface area contributed by atoms with Gasteiger partial charge in [0.15, 0.2) is 0 Å². The number of carboxylic acids is 1. The van der Waals surface area contributed by atoms with Gasteiger partial charge in [-0.3, -0.25) is 4.98 Å². The lowest BCUT2D eigenvalue weighted by atomic mass is 9.97. The number of methoxy groups -OCH3 is 1. The fourth-order valence-corrected chi connectivity index (χ4v) is 3.23. The van der Waals surface area contributed by atoms with Crippen LogP contribution in [0.25, 0.3) is 32.8 Å². The summed E-state index contributed by atoms with van der Waals surface area (Å²) in [5, 5.41) is 13.2. The van der Waals surface area contributed by atoms with Gasteiger partial charge in [-0.15, -0.1) is 0 Å². The van der Waals surface area contributed by atoms with E-state index in [1.807, 2.05) is 54.6 Å². The van der Waals surface area contributed by atoms with Crippen molar-refractivity contribution in [2.75, 3.05) is 7.11 Å². The average molecular weight is 329 g/mol. The van der Waals surface area contributed by atoms with Crippen LogP contribution in [-0.4, -0.2) is 23.2 Å². The number of aromatic nitrogens is 1. The Hall–Kier alpha value is -3.40. The third-order valence-corrected chi connectivity index (χ3v) is 4.35. The standard InChI is InChI=1S/C21H15NO3/c1-25-20-16-9-5-2-6-13(16)10-11-17(20)19-18(21(23)24)15-8-4-3-7-14(15)12-22-19/h2-12H,1H3,(H,23,24). The molecule has 3 aromatic carbocycles. The molecule has 4 heteroatoms. The van der Waals surface area contributed by atoms with Crippen molar-refractivity contribution in [1.82, 2.24) is 4.98 Å². The predicted molar refractivity (Wildman–Crippen MR) is 98.2 cm³/mol. The molecule has 25 heavy (non-hydrogen) atoms. The van der Waals surface area contributed by atoms with Crippen LogP contribution < -0.4 is 4.74 Å². The Balaban J connectivity index is 2.10. The van der Waals surface area contributed by atoms with Crippen molar-refractivity contribution in [2.45, 2.75) is 0 Å². The van der Waals surface area contributed by atoms with Crippen molar-refractivity contribution in [3.63, 3.8) is 0 Å². The van der Waals surface area contributed by atoms with Crippen LogP contribution in [0.15, 0.2) is 66.9 Å². The molecule has 0 aliphatic carbocycles. The molecule has 4 aromatic rings. The van der Waals surface area contributed by atoms with Crippen LogP contribution in [0.1, 0.15) is 10.4 Å². The van der Waals surface area contributed by atoms with Gasteiger partial charge < -0.3 is 9.84 Å². The number of hydrogen-bond donors (Lipinski definition) is 1. The molecule has 0 saturated heterocycles. The summed E-state index contributed by atoms with van der Waals surface area (Å²) >= 11 is 0. The zero-order valence-electron chi connectivity index (χ0n) is 13.6. The number of benzene rings is 3. The molecule has 1 heterocycles. The molecule has 1 aromatic heterocycles. The van der Waals surface area contributed by atoms with Gasteiger partial charge in [-0.1, -0.05) is 54.6 Å². The minimum absolute atomic E-state index is 0.187. The van der Waals surface area contributed by atoms with Crippen molar-refractivity contribution in [3.8, 4) is 17.0 Å². The lowest BCUT2D eigenvalue weighted by Gasteiger charge is -2.14. The first-order valence-electron chi connectivity index (χ1n) is 7.88. The van der Waals surface area contributed by atoms with Crippen molar-refractivity contribution in [2.24, 2.45) is 0 Å². The van der Waals surface area contributed by atoms with Crippen molar-refractivity contribution in [3.05, 3.63) is 72.4 Å². The van der Waals surface area contributed by atoms with E-state index in [0.29, 0.717) is 22.4 Å². The number of aromatic carboxylic acids is 1. The van der Waals surface area contributed by atoms with Crippen molar-refractivity contribution >= 4 is 27.5 Å². The Kier molecular flexibility index (Phi) is 3.58. The summed E-state index contributed by atoms with van der Waals surface area (Å²) in [5.74, 6) is -0.377. The smallest absolute Gasteiger partial charge is 0.338 e. The molecule has 0 unspecified atom stereocenters. The maximum atomic E-state index is 12.0. The minimum atomic E-state index is -1.01. The molecule has 0 aliphatic rings. The van der Waals surface area contributed by atoms with Crippen LogP contribution in [0, 0.1) is 0 Å². The first-order chi connectivity index (χ1) is 12.2. The van der Waals surface area contributed by atoms with Gasteiger partial charge in [0.25, 0.3) is 0 Å². The second-order valence-corrected chi connectivity index (χ2v) is 5.74. The van der Waals surface area contributed by atoms with Crippen LogP contribution >= 0.6 is 0 Å². The second-order valence-electron chi connectivity index (χ2n) is 5.74. The fourth-order valence-electron chi connectivity index (χ4n) is 3.23. The molecule has 0 atom stereocenters. The average Bonchev–Trinajstić information content (AvgIpc) is 2.65. The normalized spacial score (nSPS) is 10.9. The molecule has 0 bridgehead atoms. The van der Waals surface area contributed by atoms with Gasteiger partial charge in [-0.2, -0.15) is 0 Å². The Bertz CT molecular complexity index is 1120. The highest BCUT2D eigenvalue weighted by Crippen LogP contribution is 2.38. The summed E-state index contributed by atoms with van der Waals surface area (Å²) < 4.78 is 5.63. The summed E-state index contributed by atoms with van der Waals surface area (Å²) in [5.41, 5.74) is 1.27. The van der Waals surface area contributed by atoms with Gasteiger partial charge in [0.05, 0.1) is 18.4 Å². The highest BCUT2D eigenvalue weighted by Gasteiger charge is 2.21. The molecular weight excluding hydrogens is 314 g/mol. The number of carbonyl (C=O) groups is 1. The Morgan fingerprint density at radius 2 is 1.60 bits per heavy atom. The Morgan fingerprint density at radius 1 is 0.920 bits per heavy atom. The first kappa shape index (κ1) is 15.1. The highest BCUT2D eigenvalue weighted by atomic mass is 16.5. The third-order valence-electron chi connectivity index (χ3n) is 4.35. The van der Waals surface area contributed by atoms with Gasteiger partial charge in [0.1, 0.15) is 5.75 Å². The molecular formula is C21H15NO3. The monoisotopic (exact) mass is 329 g/mol. The van der Waals surface area contributed by atoms with Crippen molar-refractivity contribution < 1.29 is 14.6 Å². The molecule has 4 rings (SSSR count). The van der Waals surface area contributed by atoms with Gasteiger partial charge >= 0.3 is 5.97 Å². The number of ether oxygens (including phenoxy) is 1. The quantitative estimate of drug-likeness (QED) is 0.588. The van der Waals surface area contributed by atoms with Crippen molar-refractivity contribution in [1.29, 1.82) is 0 Å². The third kappa shape index (κ3) is 2.39. The summed E-state index contributed by atoms with van der Waals surface area (Å²) in [7, 11) is 1.59. The van der Waals surface area contributed by atoms with E-state index in [2.05, 4.69) is 4.98 Å². The zero-order valence-corrected chi connectivity index (χ0v) is 13.6. The number of fused-ring (bicyclic) bond motifs is 2. The highest BCUT2D eigenvalue weighted by molar-refractivity contribution is 6.09. The van der Waals surface area contributed by atoms with E-state index in [9.17, 15) is 9.90 Å². The Morgan fingerprint density at radius 3 is 2.32 bits per heavy atom. The molecule has 1 N–H and O–H groups in total. The largest absolute Gasteiger partial charge is 0.495 e. The molecule has 0 aliphatic heterocycles. The summed E-state index contributed by atoms with van der Waals surface area (Å²) in [4.78, 5) is 16.4. The van der Waals surface area contributed by atoms with E-state index in [1.54, 1.807) is 19.4 Å². The molecule has 0 radical (unpaired) electrons. The lowest BCUT2D eigenvalue weighted by molar-refractivity contribution is 0.0699. The number of pyridine rings is 1.